The van der Waals surface area contributed by atoms with Crippen LogP contribution in [-0.4, -0.2) is 25.3 Å². The van der Waals surface area contributed by atoms with Gasteiger partial charge in [-0.25, -0.2) is 0 Å². The summed E-state index contributed by atoms with van der Waals surface area (Å²) >= 11 is 0. The van der Waals surface area contributed by atoms with Crippen LogP contribution in [0.15, 0.2) is 18.2 Å². The lowest BCUT2D eigenvalue weighted by molar-refractivity contribution is -0.123. The van der Waals surface area contributed by atoms with Crippen LogP contribution < -0.4 is 10.1 Å². The second-order valence-electron chi connectivity index (χ2n) is 3.66. The highest BCUT2D eigenvalue weighted by molar-refractivity contribution is 5.81. The number of nitrogens with one attached hydrogen (secondary N) is 1. The minimum Gasteiger partial charge on any atom is -0.483 e. The number of hydrogen-bond donors (Lipinski definition) is 1. The standard InChI is InChI=1S/C13H14N2O3/c1-10-4-2-5-11(8-16)13(10)18-9-12(17)15-7-3-6-14/h2,4-5,8H,3,7,9H2,1H3,(H,15,17). The van der Waals surface area contributed by atoms with Crippen LogP contribution >= 0.6 is 0 Å². The summed E-state index contributed by atoms with van der Waals surface area (Å²) in [6, 6.07) is 7.10. The fourth-order valence-electron chi connectivity index (χ4n) is 1.41. The molecule has 0 bridgehead atoms. The Kier molecular flexibility index (Phi) is 5.39. The van der Waals surface area contributed by atoms with E-state index in [1.807, 2.05) is 6.07 Å². The molecule has 1 rings (SSSR count). The maximum atomic E-state index is 11.4. The molecule has 5 nitrogen and oxygen atoms in total. The van der Waals surface area contributed by atoms with E-state index in [9.17, 15) is 9.59 Å². The maximum absolute atomic E-state index is 11.4. The van der Waals surface area contributed by atoms with E-state index >= 15 is 0 Å². The Labute approximate surface area is 105 Å². The molecule has 1 aromatic rings. The van der Waals surface area contributed by atoms with Crippen molar-refractivity contribution >= 4 is 12.2 Å². The zero-order valence-electron chi connectivity index (χ0n) is 10.1. The fraction of sp³-hybridized carbons (Fsp3) is 0.308. The van der Waals surface area contributed by atoms with Gasteiger partial charge in [0.1, 0.15) is 5.75 Å². The monoisotopic (exact) mass is 246 g/mol. The lowest BCUT2D eigenvalue weighted by atomic mass is 10.1. The van der Waals surface area contributed by atoms with E-state index in [1.165, 1.54) is 0 Å². The summed E-state index contributed by atoms with van der Waals surface area (Å²) in [5, 5.41) is 10.9. The summed E-state index contributed by atoms with van der Waals surface area (Å²) in [7, 11) is 0. The van der Waals surface area contributed by atoms with E-state index in [4.69, 9.17) is 10.00 Å². The first-order valence-electron chi connectivity index (χ1n) is 5.50. The number of carbonyl (C=O) groups is 2. The van der Waals surface area contributed by atoms with Gasteiger partial charge in [0.05, 0.1) is 18.1 Å². The average Bonchev–Trinajstić information content (AvgIpc) is 2.37. The van der Waals surface area contributed by atoms with Crippen molar-refractivity contribution in [3.05, 3.63) is 29.3 Å². The molecule has 0 saturated carbocycles. The molecule has 94 valence electrons. The number of amides is 1. The number of nitrogens with zero attached hydrogens (tertiary/aromatic N) is 1. The molecule has 0 saturated heterocycles. The van der Waals surface area contributed by atoms with Crippen LogP contribution in [0, 0.1) is 18.3 Å². The number of rotatable bonds is 6. The highest BCUT2D eigenvalue weighted by atomic mass is 16.5. The number of hydrogen-bond acceptors (Lipinski definition) is 4. The second-order valence-corrected chi connectivity index (χ2v) is 3.66. The van der Waals surface area contributed by atoms with Crippen LogP contribution in [0.4, 0.5) is 0 Å². The summed E-state index contributed by atoms with van der Waals surface area (Å²) in [5.41, 5.74) is 1.21. The van der Waals surface area contributed by atoms with Gasteiger partial charge in [0.15, 0.2) is 12.9 Å². The summed E-state index contributed by atoms with van der Waals surface area (Å²) in [4.78, 5) is 22.2. The molecule has 0 heterocycles. The summed E-state index contributed by atoms with van der Waals surface area (Å²) < 4.78 is 5.33. The van der Waals surface area contributed by atoms with E-state index in [0.29, 0.717) is 24.1 Å². The first-order chi connectivity index (χ1) is 8.69. The SMILES string of the molecule is Cc1cccc(C=O)c1OCC(=O)NCCC#N. The predicted molar refractivity (Wildman–Crippen MR) is 65.3 cm³/mol. The number of aldehydes is 1. The molecule has 0 aliphatic carbocycles. The smallest absolute Gasteiger partial charge is 0.257 e. The molecule has 0 unspecified atom stereocenters. The van der Waals surface area contributed by atoms with Gasteiger partial charge in [-0.1, -0.05) is 12.1 Å². The molecular weight excluding hydrogens is 232 g/mol. The molecular formula is C13H14N2O3. The van der Waals surface area contributed by atoms with E-state index in [-0.39, 0.29) is 18.9 Å². The highest BCUT2D eigenvalue weighted by Crippen LogP contribution is 2.21. The molecule has 0 atom stereocenters. The predicted octanol–water partition coefficient (Wildman–Crippen LogP) is 1.22. The number of para-hydroxylation sites is 1. The van der Waals surface area contributed by atoms with Crippen molar-refractivity contribution in [1.82, 2.24) is 5.32 Å². The lowest BCUT2D eigenvalue weighted by Gasteiger charge is -2.10. The third kappa shape index (κ3) is 3.91. The van der Waals surface area contributed by atoms with Crippen molar-refractivity contribution in [3.8, 4) is 11.8 Å². The molecule has 18 heavy (non-hydrogen) atoms. The van der Waals surface area contributed by atoms with Crippen LogP contribution in [0.3, 0.4) is 0 Å². The molecule has 1 amide bonds. The maximum Gasteiger partial charge on any atom is 0.257 e. The Balaban J connectivity index is 2.56. The molecule has 1 N–H and O–H groups in total. The van der Waals surface area contributed by atoms with Gasteiger partial charge in [-0.05, 0) is 18.6 Å². The number of benzene rings is 1. The van der Waals surface area contributed by atoms with Crippen LogP contribution in [0.25, 0.3) is 0 Å². The Hall–Kier alpha value is -2.35. The van der Waals surface area contributed by atoms with Crippen LogP contribution in [0.2, 0.25) is 0 Å². The number of nitriles is 1. The van der Waals surface area contributed by atoms with Gasteiger partial charge in [-0.2, -0.15) is 5.26 Å². The molecule has 0 radical (unpaired) electrons. The third-order valence-electron chi connectivity index (χ3n) is 2.28. The van der Waals surface area contributed by atoms with Gasteiger partial charge < -0.3 is 10.1 Å². The first kappa shape index (κ1) is 13.7. The Morgan fingerprint density at radius 3 is 3.00 bits per heavy atom. The van der Waals surface area contributed by atoms with Crippen molar-refractivity contribution < 1.29 is 14.3 Å². The van der Waals surface area contributed by atoms with E-state index < -0.39 is 0 Å². The van der Waals surface area contributed by atoms with Crippen molar-refractivity contribution in [2.45, 2.75) is 13.3 Å². The number of ether oxygens (including phenoxy) is 1. The van der Waals surface area contributed by atoms with Gasteiger partial charge >= 0.3 is 0 Å². The first-order valence-corrected chi connectivity index (χ1v) is 5.50. The van der Waals surface area contributed by atoms with Crippen molar-refractivity contribution in [2.24, 2.45) is 0 Å². The zero-order valence-corrected chi connectivity index (χ0v) is 10.1. The van der Waals surface area contributed by atoms with E-state index in [2.05, 4.69) is 5.32 Å². The number of aryl methyl sites for hydroxylation is 1. The van der Waals surface area contributed by atoms with Gasteiger partial charge in [0.2, 0.25) is 0 Å². The molecule has 0 aromatic heterocycles. The van der Waals surface area contributed by atoms with Crippen molar-refractivity contribution in [1.29, 1.82) is 5.26 Å². The topological polar surface area (TPSA) is 79.2 Å². The Bertz CT molecular complexity index is 478. The van der Waals surface area contributed by atoms with Gasteiger partial charge in [0.25, 0.3) is 5.91 Å². The Morgan fingerprint density at radius 2 is 2.33 bits per heavy atom. The average molecular weight is 246 g/mol. The fourth-order valence-corrected chi connectivity index (χ4v) is 1.41. The lowest BCUT2D eigenvalue weighted by Crippen LogP contribution is -2.29. The molecule has 5 heteroatoms. The highest BCUT2D eigenvalue weighted by Gasteiger charge is 2.08. The molecule has 0 spiro atoms. The van der Waals surface area contributed by atoms with Crippen molar-refractivity contribution in [3.63, 3.8) is 0 Å². The second kappa shape index (κ2) is 7.07. The molecule has 0 aliphatic rings. The molecule has 0 aliphatic heterocycles. The van der Waals surface area contributed by atoms with Gasteiger partial charge in [-0.15, -0.1) is 0 Å². The van der Waals surface area contributed by atoms with Crippen LogP contribution in [0.1, 0.15) is 22.3 Å². The molecule has 0 fully saturated rings. The van der Waals surface area contributed by atoms with Crippen LogP contribution in [-0.2, 0) is 4.79 Å². The summed E-state index contributed by atoms with van der Waals surface area (Å²) in [5.74, 6) is 0.105. The number of carbonyl (C=O) groups excluding carboxylic acids is 2. The summed E-state index contributed by atoms with van der Waals surface area (Å²) in [6.45, 7) is 1.93. The normalized spacial score (nSPS) is 9.33. The quantitative estimate of drug-likeness (QED) is 0.604. The van der Waals surface area contributed by atoms with Crippen LogP contribution in [0.5, 0.6) is 5.75 Å². The van der Waals surface area contributed by atoms with Gasteiger partial charge in [0, 0.05) is 6.54 Å². The van der Waals surface area contributed by atoms with E-state index in [1.54, 1.807) is 25.1 Å². The minimum absolute atomic E-state index is 0.170. The van der Waals surface area contributed by atoms with Crippen molar-refractivity contribution in [2.75, 3.05) is 13.2 Å². The minimum atomic E-state index is -0.314. The zero-order chi connectivity index (χ0) is 13.4. The molecule has 1 aromatic carbocycles. The van der Waals surface area contributed by atoms with E-state index in [0.717, 1.165) is 5.56 Å². The Morgan fingerprint density at radius 1 is 1.56 bits per heavy atom. The largest absolute Gasteiger partial charge is 0.483 e. The summed E-state index contributed by atoms with van der Waals surface area (Å²) in [6.07, 6.45) is 0.950. The third-order valence-corrected chi connectivity index (χ3v) is 2.28. The van der Waals surface area contributed by atoms with Gasteiger partial charge in [-0.3, -0.25) is 9.59 Å².